The van der Waals surface area contributed by atoms with E-state index in [4.69, 9.17) is 22.3 Å². The molecule has 5 nitrogen and oxygen atoms in total. The summed E-state index contributed by atoms with van der Waals surface area (Å²) < 4.78 is 0. The number of carbonyl (C=O) groups is 1. The number of hydrogen-bond acceptors (Lipinski definition) is 4. The predicted molar refractivity (Wildman–Crippen MR) is 138 cm³/mol. The fraction of sp³-hybridized carbons (Fsp3) is 0.0357. The van der Waals surface area contributed by atoms with Crippen LogP contribution in [0.15, 0.2) is 97.2 Å². The Hall–Kier alpha value is -4.22. The highest BCUT2D eigenvalue weighted by atomic mass is 35.5. The van der Waals surface area contributed by atoms with E-state index in [0.717, 1.165) is 38.7 Å². The van der Waals surface area contributed by atoms with E-state index in [-0.39, 0.29) is 0 Å². The van der Waals surface area contributed by atoms with Crippen LogP contribution in [0.4, 0.5) is 5.82 Å². The molecule has 0 radical (unpaired) electrons. The van der Waals surface area contributed by atoms with Gasteiger partial charge >= 0.3 is 0 Å². The van der Waals surface area contributed by atoms with Gasteiger partial charge in [-0.05, 0) is 46.3 Å². The van der Waals surface area contributed by atoms with Gasteiger partial charge in [-0.1, -0.05) is 78.3 Å². The van der Waals surface area contributed by atoms with Gasteiger partial charge in [0.2, 0.25) is 5.91 Å². The molecule has 2 heterocycles. The largest absolute Gasteiger partial charge is 0.366 e. The van der Waals surface area contributed by atoms with Crippen molar-refractivity contribution >= 4 is 34.1 Å². The monoisotopic (exact) mass is 464 g/mol. The summed E-state index contributed by atoms with van der Waals surface area (Å²) in [6.07, 6.45) is 1.76. The molecule has 3 aromatic carbocycles. The minimum absolute atomic E-state index is 0.336. The molecule has 0 bridgehead atoms. The lowest BCUT2D eigenvalue weighted by Gasteiger charge is -2.17. The van der Waals surface area contributed by atoms with Gasteiger partial charge < -0.3 is 11.1 Å². The minimum Gasteiger partial charge on any atom is -0.366 e. The first-order valence-electron chi connectivity index (χ1n) is 10.8. The number of primary amides is 1. The van der Waals surface area contributed by atoms with Crippen LogP contribution in [-0.2, 0) is 6.54 Å². The number of carbonyl (C=O) groups excluding carboxylic acids is 1. The van der Waals surface area contributed by atoms with E-state index in [1.807, 2.05) is 54.6 Å². The van der Waals surface area contributed by atoms with Crippen molar-refractivity contribution in [1.29, 1.82) is 0 Å². The fourth-order valence-electron chi connectivity index (χ4n) is 4.10. The van der Waals surface area contributed by atoms with Crippen LogP contribution < -0.4 is 11.1 Å². The standard InChI is InChI=1S/C28H21ClN4O/c29-26-24(19-10-6-11-20(16-19)27(30)34)23-14-7-13-22(18-8-2-1-3-9-18)25(23)28(33-26)32-17-21-12-4-5-15-31-21/h1-16H,17H2,(H2,30,34)(H,32,33). The van der Waals surface area contributed by atoms with Crippen molar-refractivity contribution in [3.63, 3.8) is 0 Å². The maximum Gasteiger partial charge on any atom is 0.248 e. The summed E-state index contributed by atoms with van der Waals surface area (Å²) in [5.74, 6) is 0.175. The molecule has 2 aromatic heterocycles. The number of nitrogens with zero attached hydrogens (tertiary/aromatic N) is 2. The number of rotatable bonds is 6. The van der Waals surface area contributed by atoms with Gasteiger partial charge in [0.25, 0.3) is 0 Å². The molecule has 0 saturated heterocycles. The van der Waals surface area contributed by atoms with Gasteiger partial charge in [-0.15, -0.1) is 0 Å². The van der Waals surface area contributed by atoms with Crippen LogP contribution in [0, 0.1) is 0 Å². The molecule has 0 atom stereocenters. The van der Waals surface area contributed by atoms with E-state index in [9.17, 15) is 4.79 Å². The Labute approximate surface area is 202 Å². The number of nitrogens with one attached hydrogen (secondary N) is 1. The first-order valence-corrected chi connectivity index (χ1v) is 11.2. The van der Waals surface area contributed by atoms with Gasteiger partial charge in [-0.3, -0.25) is 9.78 Å². The molecule has 0 unspecified atom stereocenters. The number of aromatic nitrogens is 2. The van der Waals surface area contributed by atoms with Crippen molar-refractivity contribution in [1.82, 2.24) is 9.97 Å². The highest BCUT2D eigenvalue weighted by molar-refractivity contribution is 6.34. The Morgan fingerprint density at radius 3 is 2.41 bits per heavy atom. The molecule has 5 rings (SSSR count). The molecule has 0 saturated carbocycles. The fourth-order valence-corrected chi connectivity index (χ4v) is 4.40. The Morgan fingerprint density at radius 1 is 0.882 bits per heavy atom. The quantitative estimate of drug-likeness (QED) is 0.288. The molecular weight excluding hydrogens is 444 g/mol. The minimum atomic E-state index is -0.492. The first kappa shape index (κ1) is 21.6. The van der Waals surface area contributed by atoms with Gasteiger partial charge in [0.05, 0.1) is 12.2 Å². The molecular formula is C28H21ClN4O. The molecule has 0 aliphatic heterocycles. The maximum atomic E-state index is 11.8. The number of amides is 1. The Kier molecular flexibility index (Phi) is 5.93. The van der Waals surface area contributed by atoms with Crippen LogP contribution in [0.3, 0.4) is 0 Å². The predicted octanol–water partition coefficient (Wildman–Crippen LogP) is 6.33. The molecule has 166 valence electrons. The third-order valence-corrected chi connectivity index (χ3v) is 5.94. The summed E-state index contributed by atoms with van der Waals surface area (Å²) in [7, 11) is 0. The van der Waals surface area contributed by atoms with Crippen molar-refractivity contribution in [2.24, 2.45) is 5.73 Å². The summed E-state index contributed by atoms with van der Waals surface area (Å²) in [5, 5.41) is 5.63. The number of pyridine rings is 2. The SMILES string of the molecule is NC(=O)c1cccc(-c2c(Cl)nc(NCc3ccccn3)c3c(-c4ccccc4)cccc23)c1. The van der Waals surface area contributed by atoms with Crippen molar-refractivity contribution < 1.29 is 4.79 Å². The van der Waals surface area contributed by atoms with Crippen LogP contribution in [0.25, 0.3) is 33.0 Å². The van der Waals surface area contributed by atoms with E-state index in [0.29, 0.717) is 23.1 Å². The van der Waals surface area contributed by atoms with Crippen LogP contribution in [0.1, 0.15) is 16.1 Å². The molecule has 5 aromatic rings. The second-order valence-electron chi connectivity index (χ2n) is 7.84. The smallest absolute Gasteiger partial charge is 0.248 e. The van der Waals surface area contributed by atoms with Gasteiger partial charge in [0.1, 0.15) is 11.0 Å². The normalized spacial score (nSPS) is 10.9. The molecule has 1 amide bonds. The van der Waals surface area contributed by atoms with Crippen LogP contribution in [0.5, 0.6) is 0 Å². The second-order valence-corrected chi connectivity index (χ2v) is 8.20. The zero-order chi connectivity index (χ0) is 23.5. The van der Waals surface area contributed by atoms with Crippen LogP contribution in [0.2, 0.25) is 5.15 Å². The van der Waals surface area contributed by atoms with Gasteiger partial charge in [0.15, 0.2) is 0 Å². The van der Waals surface area contributed by atoms with Crippen LogP contribution >= 0.6 is 11.6 Å². The van der Waals surface area contributed by atoms with Crippen molar-refractivity contribution in [2.45, 2.75) is 6.54 Å². The van der Waals surface area contributed by atoms with Crippen molar-refractivity contribution in [2.75, 3.05) is 5.32 Å². The van der Waals surface area contributed by atoms with Gasteiger partial charge in [-0.2, -0.15) is 0 Å². The van der Waals surface area contributed by atoms with Crippen LogP contribution in [-0.4, -0.2) is 15.9 Å². The summed E-state index contributed by atoms with van der Waals surface area (Å²) in [4.78, 5) is 21.0. The molecule has 0 fully saturated rings. The highest BCUT2D eigenvalue weighted by Crippen LogP contribution is 2.41. The molecule has 34 heavy (non-hydrogen) atoms. The van der Waals surface area contributed by atoms with Gasteiger partial charge in [0, 0.05) is 22.7 Å². The number of nitrogens with two attached hydrogens (primary N) is 1. The molecule has 6 heteroatoms. The number of halogens is 1. The Morgan fingerprint density at radius 2 is 1.65 bits per heavy atom. The summed E-state index contributed by atoms with van der Waals surface area (Å²) in [6.45, 7) is 0.499. The third kappa shape index (κ3) is 4.21. The van der Waals surface area contributed by atoms with Crippen molar-refractivity contribution in [3.05, 3.63) is 114 Å². The number of benzene rings is 3. The van der Waals surface area contributed by atoms with Gasteiger partial charge in [-0.25, -0.2) is 4.98 Å². The highest BCUT2D eigenvalue weighted by Gasteiger charge is 2.18. The summed E-state index contributed by atoms with van der Waals surface area (Å²) >= 11 is 6.77. The molecule has 0 aliphatic rings. The van der Waals surface area contributed by atoms with E-state index < -0.39 is 5.91 Å². The zero-order valence-electron chi connectivity index (χ0n) is 18.2. The average Bonchev–Trinajstić information content (AvgIpc) is 2.88. The lowest BCUT2D eigenvalue weighted by atomic mass is 9.93. The average molecular weight is 465 g/mol. The number of fused-ring (bicyclic) bond motifs is 1. The maximum absolute atomic E-state index is 11.8. The second kappa shape index (κ2) is 9.33. The van der Waals surface area contributed by atoms with Crippen molar-refractivity contribution in [3.8, 4) is 22.3 Å². The molecule has 3 N–H and O–H groups in total. The number of hydrogen-bond donors (Lipinski definition) is 2. The number of anilines is 1. The topological polar surface area (TPSA) is 80.9 Å². The first-order chi connectivity index (χ1) is 16.6. The summed E-state index contributed by atoms with van der Waals surface area (Å²) in [6, 6.07) is 29.2. The van der Waals surface area contributed by atoms with E-state index >= 15 is 0 Å². The summed E-state index contributed by atoms with van der Waals surface area (Å²) in [5.41, 5.74) is 10.5. The molecule has 0 spiro atoms. The Bertz CT molecular complexity index is 1490. The third-order valence-electron chi connectivity index (χ3n) is 5.67. The lowest BCUT2D eigenvalue weighted by molar-refractivity contribution is 0.100. The van der Waals surface area contributed by atoms with E-state index in [2.05, 4.69) is 28.5 Å². The lowest BCUT2D eigenvalue weighted by Crippen LogP contribution is -2.10. The zero-order valence-corrected chi connectivity index (χ0v) is 19.0. The molecule has 0 aliphatic carbocycles. The Balaban J connectivity index is 1.74. The van der Waals surface area contributed by atoms with E-state index in [1.165, 1.54) is 0 Å². The van der Waals surface area contributed by atoms with E-state index in [1.54, 1.807) is 24.4 Å².